The van der Waals surface area contributed by atoms with Gasteiger partial charge in [-0.25, -0.2) is 0 Å². The number of carbonyl (C=O) groups excluding carboxylic acids is 3. The van der Waals surface area contributed by atoms with Crippen LogP contribution in [-0.4, -0.2) is 71.7 Å². The van der Waals surface area contributed by atoms with Gasteiger partial charge in [0, 0.05) is 57.0 Å². The SMILES string of the molecule is CC.CC(=O)N1CCN(C(=O)C(C)(C)C)CC1.CC(C)(C)c1ccccc1.CC1CCN(C(=O)C(C)(C)C)CC1.CCC(C)(C)C.CCC1(CC(C)(C)C)CC1. The van der Waals surface area contributed by atoms with Gasteiger partial charge in [0.25, 0.3) is 0 Å². The van der Waals surface area contributed by atoms with Crippen molar-refractivity contribution in [2.45, 2.75) is 196 Å². The van der Waals surface area contributed by atoms with Crippen LogP contribution in [0.25, 0.3) is 0 Å². The summed E-state index contributed by atoms with van der Waals surface area (Å²) in [6.07, 6.45) is 9.40. The van der Waals surface area contributed by atoms with Crippen molar-refractivity contribution in [3.8, 4) is 0 Å². The monoisotopic (exact) mass is 786 g/mol. The predicted octanol–water partition coefficient (Wildman–Crippen LogP) is 13.1. The van der Waals surface area contributed by atoms with Gasteiger partial charge in [-0.2, -0.15) is 0 Å². The van der Waals surface area contributed by atoms with Gasteiger partial charge in [-0.1, -0.05) is 182 Å². The Morgan fingerprint density at radius 3 is 1.20 bits per heavy atom. The first-order valence-electron chi connectivity index (χ1n) is 22.3. The molecule has 4 rings (SSSR count). The van der Waals surface area contributed by atoms with E-state index in [-0.39, 0.29) is 22.6 Å². The van der Waals surface area contributed by atoms with Crippen LogP contribution in [0.5, 0.6) is 0 Å². The Morgan fingerprint density at radius 1 is 0.607 bits per heavy atom. The van der Waals surface area contributed by atoms with Crippen molar-refractivity contribution in [2.75, 3.05) is 39.3 Å². The molecule has 2 heterocycles. The van der Waals surface area contributed by atoms with E-state index in [0.29, 0.717) is 48.3 Å². The molecule has 2 aliphatic heterocycles. The molecule has 6 nitrogen and oxygen atoms in total. The Balaban J connectivity index is 0. The molecule has 0 bridgehead atoms. The molecule has 56 heavy (non-hydrogen) atoms. The van der Waals surface area contributed by atoms with E-state index >= 15 is 0 Å². The van der Waals surface area contributed by atoms with E-state index in [0.717, 1.165) is 24.4 Å². The number of hydrogen-bond donors (Lipinski definition) is 0. The second-order valence-corrected chi connectivity index (χ2v) is 21.9. The molecule has 2 saturated heterocycles. The van der Waals surface area contributed by atoms with Crippen molar-refractivity contribution in [3.05, 3.63) is 35.9 Å². The zero-order chi connectivity index (χ0) is 44.3. The molecule has 3 fully saturated rings. The fourth-order valence-corrected chi connectivity index (χ4v) is 6.28. The van der Waals surface area contributed by atoms with Crippen molar-refractivity contribution in [2.24, 2.45) is 33.0 Å². The summed E-state index contributed by atoms with van der Waals surface area (Å²) in [4.78, 5) is 40.5. The van der Waals surface area contributed by atoms with Crippen LogP contribution < -0.4 is 0 Å². The molecule has 0 radical (unpaired) electrons. The first-order valence-corrected chi connectivity index (χ1v) is 22.3. The molecular weight excluding hydrogens is 691 g/mol. The van der Waals surface area contributed by atoms with E-state index in [1.807, 2.05) is 65.2 Å². The lowest BCUT2D eigenvalue weighted by Crippen LogP contribution is -2.52. The number of carbonyl (C=O) groups is 3. The molecule has 3 aliphatic rings. The third kappa shape index (κ3) is 25.1. The minimum absolute atomic E-state index is 0.0952. The first-order chi connectivity index (χ1) is 25.4. The molecule has 0 spiro atoms. The normalized spacial score (nSPS) is 17.1. The molecule has 1 saturated carbocycles. The minimum atomic E-state index is -0.321. The third-order valence-corrected chi connectivity index (χ3v) is 10.7. The van der Waals surface area contributed by atoms with E-state index < -0.39 is 0 Å². The number of amides is 3. The summed E-state index contributed by atoms with van der Waals surface area (Å²) in [6.45, 7) is 49.1. The highest BCUT2D eigenvalue weighted by Crippen LogP contribution is 2.55. The summed E-state index contributed by atoms with van der Waals surface area (Å²) in [5.41, 5.74) is 3.03. The van der Waals surface area contributed by atoms with Gasteiger partial charge in [0.2, 0.25) is 17.7 Å². The molecule has 1 aromatic carbocycles. The summed E-state index contributed by atoms with van der Waals surface area (Å²) >= 11 is 0. The van der Waals surface area contributed by atoms with Crippen molar-refractivity contribution in [1.29, 1.82) is 0 Å². The maximum absolute atomic E-state index is 11.9. The number of likely N-dealkylation sites (tertiary alicyclic amines) is 1. The average Bonchev–Trinajstić information content (AvgIpc) is 3.87. The van der Waals surface area contributed by atoms with Gasteiger partial charge in [0.05, 0.1) is 0 Å². The average molecular weight is 786 g/mol. The lowest BCUT2D eigenvalue weighted by molar-refractivity contribution is -0.144. The molecule has 0 atom stereocenters. The number of benzene rings is 1. The molecule has 3 amide bonds. The highest BCUT2D eigenvalue weighted by Gasteiger charge is 2.43. The van der Waals surface area contributed by atoms with Crippen molar-refractivity contribution < 1.29 is 14.4 Å². The largest absolute Gasteiger partial charge is 0.342 e. The van der Waals surface area contributed by atoms with Crippen LogP contribution in [0.3, 0.4) is 0 Å². The summed E-state index contributed by atoms with van der Waals surface area (Å²) in [5.74, 6) is 1.37. The Morgan fingerprint density at radius 2 is 0.964 bits per heavy atom. The van der Waals surface area contributed by atoms with E-state index in [4.69, 9.17) is 0 Å². The number of piperazine rings is 1. The van der Waals surface area contributed by atoms with Crippen LogP contribution in [-0.2, 0) is 19.8 Å². The van der Waals surface area contributed by atoms with Gasteiger partial charge < -0.3 is 14.7 Å². The van der Waals surface area contributed by atoms with Gasteiger partial charge in [-0.3, -0.25) is 14.4 Å². The van der Waals surface area contributed by atoms with Crippen LogP contribution in [0.2, 0.25) is 0 Å². The molecule has 1 aliphatic carbocycles. The van der Waals surface area contributed by atoms with Crippen molar-refractivity contribution in [1.82, 2.24) is 14.7 Å². The van der Waals surface area contributed by atoms with Gasteiger partial charge in [0.1, 0.15) is 0 Å². The summed E-state index contributed by atoms with van der Waals surface area (Å²) < 4.78 is 0. The molecule has 0 N–H and O–H groups in total. The molecule has 0 aromatic heterocycles. The second kappa shape index (κ2) is 24.5. The quantitative estimate of drug-likeness (QED) is 0.300. The standard InChI is InChI=1S/C11H20N2O2.C11H21NO.C10H14.C10H20.C6H14.C2H6/c1-9(14)12-5-7-13(8-6-12)10(15)11(2,3)4;1-9-5-7-12(8-6-9)10(13)11(2,3)4;1-10(2,3)9-7-5-4-6-8-9;1-5-10(6-7-10)8-9(2,3)4;1-5-6(2,3)4;1-2/h5-8H2,1-4H3;9H,5-8H2,1-4H3;4-8H,1-3H3;5-8H2,1-4H3;5H2,1-4H3;1-2H3. The predicted molar refractivity (Wildman–Crippen MR) is 245 cm³/mol. The van der Waals surface area contributed by atoms with E-state index in [1.165, 1.54) is 50.5 Å². The second-order valence-electron chi connectivity index (χ2n) is 21.9. The smallest absolute Gasteiger partial charge is 0.228 e. The van der Waals surface area contributed by atoms with Crippen LogP contribution in [0.1, 0.15) is 196 Å². The van der Waals surface area contributed by atoms with E-state index in [2.05, 4.69) is 113 Å². The summed E-state index contributed by atoms with van der Waals surface area (Å²) in [6, 6.07) is 10.6. The van der Waals surface area contributed by atoms with E-state index in [1.54, 1.807) is 11.8 Å². The summed E-state index contributed by atoms with van der Waals surface area (Å²) in [5, 5.41) is 0. The van der Waals surface area contributed by atoms with Gasteiger partial charge >= 0.3 is 0 Å². The molecule has 0 unspecified atom stereocenters. The highest BCUT2D eigenvalue weighted by molar-refractivity contribution is 5.82. The van der Waals surface area contributed by atoms with Crippen molar-refractivity contribution >= 4 is 17.7 Å². The van der Waals surface area contributed by atoms with Gasteiger partial charge in [-0.05, 0) is 65.2 Å². The fourth-order valence-electron chi connectivity index (χ4n) is 6.28. The Hall–Kier alpha value is -2.37. The number of piperidine rings is 1. The van der Waals surface area contributed by atoms with Crippen LogP contribution >= 0.6 is 0 Å². The van der Waals surface area contributed by atoms with Gasteiger partial charge in [0.15, 0.2) is 0 Å². The maximum Gasteiger partial charge on any atom is 0.228 e. The fraction of sp³-hybridized carbons (Fsp3) is 0.820. The van der Waals surface area contributed by atoms with Gasteiger partial charge in [-0.15, -0.1) is 0 Å². The lowest BCUT2D eigenvalue weighted by atomic mass is 9.81. The summed E-state index contributed by atoms with van der Waals surface area (Å²) in [7, 11) is 0. The van der Waals surface area contributed by atoms with Crippen LogP contribution in [0.15, 0.2) is 30.3 Å². The maximum atomic E-state index is 11.9. The number of nitrogens with zero attached hydrogens (tertiary/aromatic N) is 3. The minimum Gasteiger partial charge on any atom is -0.342 e. The molecule has 6 heteroatoms. The molecule has 328 valence electrons. The zero-order valence-electron chi connectivity index (χ0n) is 41.2. The molecule has 1 aromatic rings. The Kier molecular flexibility index (Phi) is 24.4. The number of rotatable bonds is 2. The van der Waals surface area contributed by atoms with Crippen LogP contribution in [0.4, 0.5) is 0 Å². The Labute approximate surface area is 349 Å². The zero-order valence-corrected chi connectivity index (χ0v) is 41.2. The lowest BCUT2D eigenvalue weighted by Gasteiger charge is -2.37. The topological polar surface area (TPSA) is 60.9 Å². The van der Waals surface area contributed by atoms with Crippen molar-refractivity contribution in [3.63, 3.8) is 0 Å². The Bertz CT molecular complexity index is 1220. The first kappa shape index (κ1) is 55.7. The van der Waals surface area contributed by atoms with E-state index in [9.17, 15) is 14.4 Å². The number of hydrogen-bond acceptors (Lipinski definition) is 3. The third-order valence-electron chi connectivity index (χ3n) is 10.7. The molecular formula is C50H95N3O3. The van der Waals surface area contributed by atoms with Crippen LogP contribution in [0, 0.1) is 33.0 Å². The highest BCUT2D eigenvalue weighted by atomic mass is 16.2.